The highest BCUT2D eigenvalue weighted by molar-refractivity contribution is 7.89. The molecule has 0 aromatic heterocycles. The molecule has 4 nitrogen and oxygen atoms in total. The lowest BCUT2D eigenvalue weighted by molar-refractivity contribution is 0.328. The van der Waals surface area contributed by atoms with E-state index < -0.39 is 10.0 Å². The molecule has 1 saturated heterocycles. The van der Waals surface area contributed by atoms with E-state index >= 15 is 0 Å². The summed E-state index contributed by atoms with van der Waals surface area (Å²) in [5.41, 5.74) is 6.99. The standard InChI is InChI=1S/C15H22N2O2S2/c1-4-13-7-5-11(3)17(13)21(18,19)14-8-6-12(15(16)20)9-10(14)2/h6,8-9,11,13H,4-5,7H2,1-3H3,(H2,16,20). The fourth-order valence-corrected chi connectivity index (χ4v) is 5.36. The first-order valence-corrected chi connectivity index (χ1v) is 9.07. The molecule has 0 saturated carbocycles. The predicted octanol–water partition coefficient (Wildman–Crippen LogP) is 2.58. The van der Waals surface area contributed by atoms with E-state index in [-0.39, 0.29) is 17.1 Å². The van der Waals surface area contributed by atoms with Gasteiger partial charge in [0.05, 0.1) is 4.90 Å². The van der Waals surface area contributed by atoms with Crippen molar-refractivity contribution in [2.75, 3.05) is 0 Å². The molecule has 1 aliphatic heterocycles. The number of thiocarbonyl (C=S) groups is 1. The number of rotatable bonds is 4. The van der Waals surface area contributed by atoms with Crippen molar-refractivity contribution in [2.45, 2.75) is 57.0 Å². The van der Waals surface area contributed by atoms with Gasteiger partial charge in [-0.1, -0.05) is 25.2 Å². The molecule has 1 aromatic rings. The number of hydrogen-bond donors (Lipinski definition) is 1. The third-order valence-electron chi connectivity index (χ3n) is 4.20. The van der Waals surface area contributed by atoms with Gasteiger partial charge < -0.3 is 5.73 Å². The van der Waals surface area contributed by atoms with Gasteiger partial charge in [-0.3, -0.25) is 0 Å². The number of nitrogens with two attached hydrogens (primary N) is 1. The van der Waals surface area contributed by atoms with Gasteiger partial charge in [-0.05, 0) is 50.8 Å². The second-order valence-corrected chi connectivity index (χ2v) is 7.92. The van der Waals surface area contributed by atoms with E-state index in [9.17, 15) is 8.42 Å². The molecule has 2 unspecified atom stereocenters. The Bertz CT molecular complexity index is 656. The Hall–Kier alpha value is -0.980. The number of hydrogen-bond acceptors (Lipinski definition) is 3. The summed E-state index contributed by atoms with van der Waals surface area (Å²) in [6.07, 6.45) is 2.69. The van der Waals surface area contributed by atoms with Crippen LogP contribution in [0.3, 0.4) is 0 Å². The molecule has 1 aromatic carbocycles. The van der Waals surface area contributed by atoms with Gasteiger partial charge in [-0.15, -0.1) is 0 Å². The molecule has 0 aliphatic carbocycles. The molecule has 2 rings (SSSR count). The minimum Gasteiger partial charge on any atom is -0.389 e. The SMILES string of the molecule is CCC1CCC(C)N1S(=O)(=O)c1ccc(C(N)=S)cc1C. The molecule has 116 valence electrons. The summed E-state index contributed by atoms with van der Waals surface area (Å²) >= 11 is 4.94. The van der Waals surface area contributed by atoms with Gasteiger partial charge in [-0.25, -0.2) is 8.42 Å². The third-order valence-corrected chi connectivity index (χ3v) is 6.66. The third kappa shape index (κ3) is 2.98. The molecule has 2 N–H and O–H groups in total. The van der Waals surface area contributed by atoms with Gasteiger partial charge in [0.1, 0.15) is 4.99 Å². The predicted molar refractivity (Wildman–Crippen MR) is 88.9 cm³/mol. The summed E-state index contributed by atoms with van der Waals surface area (Å²) in [6, 6.07) is 5.20. The number of aryl methyl sites for hydroxylation is 1. The zero-order valence-corrected chi connectivity index (χ0v) is 14.3. The Morgan fingerprint density at radius 1 is 1.43 bits per heavy atom. The highest BCUT2D eigenvalue weighted by atomic mass is 32.2. The Labute approximate surface area is 132 Å². The van der Waals surface area contributed by atoms with Crippen LogP contribution in [0.2, 0.25) is 0 Å². The molecule has 1 fully saturated rings. The summed E-state index contributed by atoms with van der Waals surface area (Å²) in [5, 5.41) is 0. The fraction of sp³-hybridized carbons (Fsp3) is 0.533. The minimum absolute atomic E-state index is 0.0506. The van der Waals surface area contributed by atoms with Crippen molar-refractivity contribution in [3.05, 3.63) is 29.3 Å². The lowest BCUT2D eigenvalue weighted by Gasteiger charge is -2.27. The van der Waals surface area contributed by atoms with Crippen LogP contribution >= 0.6 is 12.2 Å². The monoisotopic (exact) mass is 326 g/mol. The Kier molecular flexibility index (Phi) is 4.70. The van der Waals surface area contributed by atoms with Gasteiger partial charge in [0.2, 0.25) is 10.0 Å². The summed E-state index contributed by atoms with van der Waals surface area (Å²) in [4.78, 5) is 0.637. The van der Waals surface area contributed by atoms with Crippen molar-refractivity contribution in [1.29, 1.82) is 0 Å². The first-order valence-electron chi connectivity index (χ1n) is 7.23. The van der Waals surface area contributed by atoms with Gasteiger partial charge in [0.25, 0.3) is 0 Å². The van der Waals surface area contributed by atoms with Crippen molar-refractivity contribution in [2.24, 2.45) is 5.73 Å². The molecular formula is C15H22N2O2S2. The first-order chi connectivity index (χ1) is 9.78. The smallest absolute Gasteiger partial charge is 0.243 e. The normalized spacial score (nSPS) is 23.4. The van der Waals surface area contributed by atoms with Crippen LogP contribution < -0.4 is 5.73 Å². The van der Waals surface area contributed by atoms with Crippen LogP contribution in [-0.2, 0) is 10.0 Å². The summed E-state index contributed by atoms with van der Waals surface area (Å²) in [5.74, 6) is 0. The van der Waals surface area contributed by atoms with Crippen LogP contribution in [-0.4, -0.2) is 29.8 Å². The van der Waals surface area contributed by atoms with Crippen LogP contribution in [0.4, 0.5) is 0 Å². The lowest BCUT2D eigenvalue weighted by atomic mass is 10.1. The van der Waals surface area contributed by atoms with Crippen molar-refractivity contribution >= 4 is 27.2 Å². The van der Waals surface area contributed by atoms with E-state index in [1.165, 1.54) is 0 Å². The zero-order chi connectivity index (χ0) is 15.8. The molecule has 2 atom stereocenters. The maximum absolute atomic E-state index is 13.0. The van der Waals surface area contributed by atoms with Gasteiger partial charge in [0.15, 0.2) is 0 Å². The van der Waals surface area contributed by atoms with Crippen LogP contribution in [0.5, 0.6) is 0 Å². The topological polar surface area (TPSA) is 63.4 Å². The quantitative estimate of drug-likeness (QED) is 0.864. The summed E-state index contributed by atoms with van der Waals surface area (Å²) in [7, 11) is -3.47. The summed E-state index contributed by atoms with van der Waals surface area (Å²) < 4.78 is 27.6. The van der Waals surface area contributed by atoms with E-state index in [1.54, 1.807) is 29.4 Å². The Morgan fingerprint density at radius 2 is 2.10 bits per heavy atom. The van der Waals surface area contributed by atoms with E-state index in [1.807, 2.05) is 13.8 Å². The molecule has 6 heteroatoms. The maximum Gasteiger partial charge on any atom is 0.243 e. The van der Waals surface area contributed by atoms with Crippen LogP contribution in [0, 0.1) is 6.92 Å². The van der Waals surface area contributed by atoms with E-state index in [0.29, 0.717) is 16.0 Å². The Morgan fingerprint density at radius 3 is 2.62 bits per heavy atom. The second kappa shape index (κ2) is 6.02. The van der Waals surface area contributed by atoms with Crippen molar-refractivity contribution in [1.82, 2.24) is 4.31 Å². The molecular weight excluding hydrogens is 304 g/mol. The van der Waals surface area contributed by atoms with Crippen LogP contribution in [0.25, 0.3) is 0 Å². The van der Waals surface area contributed by atoms with Crippen molar-refractivity contribution in [3.8, 4) is 0 Å². The van der Waals surface area contributed by atoms with E-state index in [4.69, 9.17) is 18.0 Å². The summed E-state index contributed by atoms with van der Waals surface area (Å²) in [6.45, 7) is 5.80. The number of benzene rings is 1. The van der Waals surface area contributed by atoms with Crippen molar-refractivity contribution in [3.63, 3.8) is 0 Å². The lowest BCUT2D eigenvalue weighted by Crippen LogP contribution is -2.39. The molecule has 1 aliphatic rings. The molecule has 0 amide bonds. The first kappa shape index (κ1) is 16.4. The van der Waals surface area contributed by atoms with Crippen LogP contribution in [0.1, 0.15) is 44.2 Å². The van der Waals surface area contributed by atoms with Gasteiger partial charge in [-0.2, -0.15) is 4.31 Å². The molecule has 0 radical (unpaired) electrons. The fourth-order valence-electron chi connectivity index (χ4n) is 3.07. The molecule has 21 heavy (non-hydrogen) atoms. The largest absolute Gasteiger partial charge is 0.389 e. The Balaban J connectivity index is 2.47. The average molecular weight is 326 g/mol. The van der Waals surface area contributed by atoms with Crippen molar-refractivity contribution < 1.29 is 8.42 Å². The highest BCUT2D eigenvalue weighted by Crippen LogP contribution is 2.33. The number of sulfonamides is 1. The number of nitrogens with zero attached hydrogens (tertiary/aromatic N) is 1. The molecule has 0 spiro atoms. The van der Waals surface area contributed by atoms with E-state index in [0.717, 1.165) is 19.3 Å². The minimum atomic E-state index is -3.47. The second-order valence-electron chi connectivity index (χ2n) is 5.67. The molecule has 0 bridgehead atoms. The maximum atomic E-state index is 13.0. The van der Waals surface area contributed by atoms with E-state index in [2.05, 4.69) is 0 Å². The zero-order valence-electron chi connectivity index (χ0n) is 12.7. The molecule has 1 heterocycles. The van der Waals surface area contributed by atoms with Gasteiger partial charge >= 0.3 is 0 Å². The average Bonchev–Trinajstić information content (AvgIpc) is 2.80. The van der Waals surface area contributed by atoms with Crippen LogP contribution in [0.15, 0.2) is 23.1 Å². The highest BCUT2D eigenvalue weighted by Gasteiger charge is 2.39. The van der Waals surface area contributed by atoms with Gasteiger partial charge in [0, 0.05) is 17.6 Å².